The Morgan fingerprint density at radius 3 is 2.50 bits per heavy atom. The van der Waals surface area contributed by atoms with E-state index in [9.17, 15) is 4.79 Å². The highest BCUT2D eigenvalue weighted by molar-refractivity contribution is 5.96. The Morgan fingerprint density at radius 1 is 0.971 bits per heavy atom. The molecule has 0 saturated heterocycles. The third-order valence-corrected chi connectivity index (χ3v) is 5.40. The van der Waals surface area contributed by atoms with Crippen molar-refractivity contribution in [2.75, 3.05) is 27.4 Å². The lowest BCUT2D eigenvalue weighted by Gasteiger charge is -2.11. The van der Waals surface area contributed by atoms with Gasteiger partial charge in [0.05, 0.1) is 39.1 Å². The first-order chi connectivity index (χ1) is 16.5. The minimum atomic E-state index is -0.206. The maximum absolute atomic E-state index is 12.6. The van der Waals surface area contributed by atoms with Gasteiger partial charge in [-0.1, -0.05) is 6.07 Å². The highest BCUT2D eigenvalue weighted by Gasteiger charge is 2.13. The fraction of sp³-hybridized carbons (Fsp3) is 0.269. The van der Waals surface area contributed by atoms with Gasteiger partial charge in [0, 0.05) is 23.2 Å². The number of pyridine rings is 1. The number of nitrogens with zero attached hydrogens (tertiary/aromatic N) is 3. The molecule has 1 amide bonds. The van der Waals surface area contributed by atoms with E-state index in [1.54, 1.807) is 37.4 Å². The van der Waals surface area contributed by atoms with Crippen molar-refractivity contribution in [3.63, 3.8) is 0 Å². The van der Waals surface area contributed by atoms with Crippen molar-refractivity contribution in [1.29, 1.82) is 0 Å². The van der Waals surface area contributed by atoms with Crippen molar-refractivity contribution < 1.29 is 19.0 Å². The molecule has 2 aromatic heterocycles. The van der Waals surface area contributed by atoms with Crippen LogP contribution in [0, 0.1) is 13.8 Å². The zero-order chi connectivity index (χ0) is 24.1. The van der Waals surface area contributed by atoms with Crippen molar-refractivity contribution in [2.45, 2.75) is 20.4 Å². The van der Waals surface area contributed by atoms with Crippen molar-refractivity contribution in [1.82, 2.24) is 20.1 Å². The smallest absolute Gasteiger partial charge is 0.252 e. The van der Waals surface area contributed by atoms with E-state index in [4.69, 9.17) is 14.2 Å². The molecule has 1 N–H and O–H groups in total. The molecule has 0 unspecified atom stereocenters. The zero-order valence-electron chi connectivity index (χ0n) is 19.8. The highest BCUT2D eigenvalue weighted by atomic mass is 16.5. The SMILES string of the molecule is COc1ccc(Cn2ncc3cc(C(=O)NCCOc4cc(C)cc(C)c4)cnc32)c(OC)c1. The molecule has 0 saturated carbocycles. The number of fused-ring (bicyclic) bond motifs is 1. The van der Waals surface area contributed by atoms with Crippen molar-refractivity contribution >= 4 is 16.9 Å². The number of methoxy groups -OCH3 is 2. The van der Waals surface area contributed by atoms with Gasteiger partial charge in [-0.2, -0.15) is 5.10 Å². The van der Waals surface area contributed by atoms with E-state index in [0.717, 1.165) is 33.6 Å². The molecule has 4 rings (SSSR count). The second kappa shape index (κ2) is 10.2. The topological polar surface area (TPSA) is 87.5 Å². The lowest BCUT2D eigenvalue weighted by molar-refractivity contribution is 0.0946. The Hall–Kier alpha value is -4.07. The minimum Gasteiger partial charge on any atom is -0.497 e. The van der Waals surface area contributed by atoms with E-state index >= 15 is 0 Å². The fourth-order valence-corrected chi connectivity index (χ4v) is 3.81. The number of nitrogens with one attached hydrogen (secondary N) is 1. The molecule has 0 aliphatic rings. The molecule has 0 aliphatic heterocycles. The highest BCUT2D eigenvalue weighted by Crippen LogP contribution is 2.26. The molecule has 0 bridgehead atoms. The van der Waals surface area contributed by atoms with E-state index in [1.165, 1.54) is 0 Å². The van der Waals surface area contributed by atoms with Crippen LogP contribution in [0.1, 0.15) is 27.0 Å². The summed E-state index contributed by atoms with van der Waals surface area (Å²) in [6, 6.07) is 13.5. The first-order valence-electron chi connectivity index (χ1n) is 11.0. The van der Waals surface area contributed by atoms with E-state index in [0.29, 0.717) is 36.7 Å². The number of carbonyl (C=O) groups excluding carboxylic acids is 1. The maximum atomic E-state index is 12.6. The Balaban J connectivity index is 1.39. The number of carbonyl (C=O) groups is 1. The van der Waals surface area contributed by atoms with Gasteiger partial charge in [-0.15, -0.1) is 0 Å². The summed E-state index contributed by atoms with van der Waals surface area (Å²) in [7, 11) is 3.24. The Morgan fingerprint density at radius 2 is 1.76 bits per heavy atom. The average molecular weight is 461 g/mol. The van der Waals surface area contributed by atoms with Crippen LogP contribution in [-0.4, -0.2) is 48.0 Å². The van der Waals surface area contributed by atoms with Gasteiger partial charge in [-0.05, 0) is 55.3 Å². The monoisotopic (exact) mass is 460 g/mol. The van der Waals surface area contributed by atoms with Gasteiger partial charge in [-0.3, -0.25) is 4.79 Å². The molecule has 8 nitrogen and oxygen atoms in total. The molecule has 0 aliphatic carbocycles. The first-order valence-corrected chi connectivity index (χ1v) is 11.0. The fourth-order valence-electron chi connectivity index (χ4n) is 3.81. The normalized spacial score (nSPS) is 10.8. The number of aryl methyl sites for hydroxylation is 2. The second-order valence-electron chi connectivity index (χ2n) is 8.04. The van der Waals surface area contributed by atoms with Gasteiger partial charge in [-0.25, -0.2) is 9.67 Å². The number of aromatic nitrogens is 3. The summed E-state index contributed by atoms with van der Waals surface area (Å²) in [4.78, 5) is 17.1. The largest absolute Gasteiger partial charge is 0.497 e. The lowest BCUT2D eigenvalue weighted by atomic mass is 10.1. The molecule has 0 radical (unpaired) electrons. The number of rotatable bonds is 9. The van der Waals surface area contributed by atoms with E-state index < -0.39 is 0 Å². The van der Waals surface area contributed by atoms with E-state index in [1.807, 2.05) is 44.2 Å². The van der Waals surface area contributed by atoms with Crippen LogP contribution in [0.25, 0.3) is 11.0 Å². The summed E-state index contributed by atoms with van der Waals surface area (Å²) >= 11 is 0. The number of amides is 1. The predicted molar refractivity (Wildman–Crippen MR) is 130 cm³/mol. The van der Waals surface area contributed by atoms with Crippen LogP contribution in [0.15, 0.2) is 54.9 Å². The molecule has 4 aromatic rings. The van der Waals surface area contributed by atoms with Crippen LogP contribution < -0.4 is 19.5 Å². The summed E-state index contributed by atoms with van der Waals surface area (Å²) in [5.74, 6) is 2.03. The van der Waals surface area contributed by atoms with Gasteiger partial charge in [0.1, 0.15) is 23.9 Å². The number of benzene rings is 2. The van der Waals surface area contributed by atoms with Crippen LogP contribution in [0.5, 0.6) is 17.2 Å². The summed E-state index contributed by atoms with van der Waals surface area (Å²) in [6.07, 6.45) is 3.27. The molecule has 0 spiro atoms. The predicted octanol–water partition coefficient (Wildman–Crippen LogP) is 3.92. The zero-order valence-corrected chi connectivity index (χ0v) is 19.8. The van der Waals surface area contributed by atoms with Crippen LogP contribution in [-0.2, 0) is 6.54 Å². The Bertz CT molecular complexity index is 1300. The lowest BCUT2D eigenvalue weighted by Crippen LogP contribution is -2.28. The maximum Gasteiger partial charge on any atom is 0.252 e. The molecular weight excluding hydrogens is 432 g/mol. The van der Waals surface area contributed by atoms with E-state index in [-0.39, 0.29) is 5.91 Å². The van der Waals surface area contributed by atoms with Crippen molar-refractivity contribution in [2.24, 2.45) is 0 Å². The van der Waals surface area contributed by atoms with Crippen LogP contribution in [0.2, 0.25) is 0 Å². The molecule has 2 heterocycles. The van der Waals surface area contributed by atoms with E-state index in [2.05, 4.69) is 21.5 Å². The average Bonchev–Trinajstić information content (AvgIpc) is 3.23. The number of hydrogen-bond acceptors (Lipinski definition) is 6. The van der Waals surface area contributed by atoms with Crippen LogP contribution in [0.3, 0.4) is 0 Å². The Labute approximate surface area is 198 Å². The minimum absolute atomic E-state index is 0.206. The molecule has 0 fully saturated rings. The molecule has 8 heteroatoms. The summed E-state index contributed by atoms with van der Waals surface area (Å²) in [6.45, 7) is 5.30. The third-order valence-electron chi connectivity index (χ3n) is 5.40. The van der Waals surface area contributed by atoms with Crippen molar-refractivity contribution in [3.8, 4) is 17.2 Å². The molecule has 0 atom stereocenters. The number of hydrogen-bond donors (Lipinski definition) is 1. The number of ether oxygens (including phenoxy) is 3. The first kappa shape index (κ1) is 23.1. The van der Waals surface area contributed by atoms with Gasteiger partial charge < -0.3 is 19.5 Å². The summed E-state index contributed by atoms with van der Waals surface area (Å²) in [5, 5.41) is 8.11. The summed E-state index contributed by atoms with van der Waals surface area (Å²) in [5.41, 5.74) is 4.39. The van der Waals surface area contributed by atoms with Gasteiger partial charge >= 0.3 is 0 Å². The second-order valence-corrected chi connectivity index (χ2v) is 8.04. The Kier molecular flexibility index (Phi) is 6.96. The summed E-state index contributed by atoms with van der Waals surface area (Å²) < 4.78 is 18.3. The van der Waals surface area contributed by atoms with Crippen LogP contribution in [0.4, 0.5) is 0 Å². The molecular formula is C26H28N4O4. The molecule has 34 heavy (non-hydrogen) atoms. The standard InChI is InChI=1S/C26H28N4O4/c1-17-9-18(2)11-23(10-17)34-8-7-27-26(31)21-12-20-15-29-30(25(20)28-14-21)16-19-5-6-22(32-3)13-24(19)33-4/h5-6,9-15H,7-8,16H2,1-4H3,(H,27,31). The quantitative estimate of drug-likeness (QED) is 0.381. The van der Waals surface area contributed by atoms with Gasteiger partial charge in [0.2, 0.25) is 0 Å². The van der Waals surface area contributed by atoms with Gasteiger partial charge in [0.15, 0.2) is 5.65 Å². The molecule has 2 aromatic carbocycles. The van der Waals surface area contributed by atoms with Gasteiger partial charge in [0.25, 0.3) is 5.91 Å². The molecule has 176 valence electrons. The van der Waals surface area contributed by atoms with Crippen LogP contribution >= 0.6 is 0 Å². The third kappa shape index (κ3) is 5.28. The van der Waals surface area contributed by atoms with Crippen molar-refractivity contribution in [3.05, 3.63) is 77.1 Å².